The first-order valence-electron chi connectivity index (χ1n) is 11.9. The maximum atomic E-state index is 13.0. The second-order valence-corrected chi connectivity index (χ2v) is 11.0. The summed E-state index contributed by atoms with van der Waals surface area (Å²) in [5, 5.41) is 0. The van der Waals surface area contributed by atoms with Gasteiger partial charge in [-0.15, -0.1) is 0 Å². The van der Waals surface area contributed by atoms with Crippen molar-refractivity contribution in [3.8, 4) is 0 Å². The van der Waals surface area contributed by atoms with Crippen LogP contribution in [0.2, 0.25) is 0 Å². The molecule has 2 heterocycles. The summed E-state index contributed by atoms with van der Waals surface area (Å²) in [6.07, 6.45) is 1.32. The first-order chi connectivity index (χ1) is 14.9. The molecule has 0 aliphatic carbocycles. The second-order valence-electron chi connectivity index (χ2n) is 11.0. The van der Waals surface area contributed by atoms with E-state index in [1.165, 1.54) is 11.3 Å². The Hall–Kier alpha value is -2.08. The molecule has 1 amide bonds. The fourth-order valence-electron chi connectivity index (χ4n) is 4.59. The van der Waals surface area contributed by atoms with Crippen molar-refractivity contribution in [2.45, 2.75) is 91.1 Å². The number of benzene rings is 1. The molecule has 3 rings (SSSR count). The number of rotatable bonds is 6. The van der Waals surface area contributed by atoms with Crippen molar-refractivity contribution in [3.63, 3.8) is 0 Å². The first-order valence-corrected chi connectivity index (χ1v) is 11.9. The highest BCUT2D eigenvalue weighted by molar-refractivity contribution is 5.77. The maximum Gasteiger partial charge on any atom is 0.337 e. The van der Waals surface area contributed by atoms with Gasteiger partial charge in [0.15, 0.2) is 6.10 Å². The molecule has 6 heteroatoms. The van der Waals surface area contributed by atoms with Gasteiger partial charge in [-0.3, -0.25) is 4.79 Å². The predicted molar refractivity (Wildman–Crippen MR) is 127 cm³/mol. The number of anilines is 1. The average Bonchev–Trinajstić information content (AvgIpc) is 2.97. The van der Waals surface area contributed by atoms with E-state index in [0.29, 0.717) is 12.8 Å². The van der Waals surface area contributed by atoms with Crippen LogP contribution >= 0.6 is 0 Å². The lowest BCUT2D eigenvalue weighted by molar-refractivity contribution is -0.161. The number of nitrogens with zero attached hydrogens (tertiary/aromatic N) is 2. The Morgan fingerprint density at radius 1 is 1.19 bits per heavy atom. The molecule has 1 aromatic rings. The summed E-state index contributed by atoms with van der Waals surface area (Å²) in [5.41, 5.74) is 2.70. The van der Waals surface area contributed by atoms with Crippen LogP contribution in [0.4, 0.5) is 5.69 Å². The number of esters is 1. The van der Waals surface area contributed by atoms with Crippen molar-refractivity contribution in [1.82, 2.24) is 4.90 Å². The molecule has 0 spiro atoms. The Bertz CT molecular complexity index is 812. The van der Waals surface area contributed by atoms with Crippen LogP contribution in [0, 0.1) is 5.92 Å². The Morgan fingerprint density at radius 3 is 2.38 bits per heavy atom. The molecule has 0 saturated carbocycles. The molecule has 1 aromatic carbocycles. The van der Waals surface area contributed by atoms with Crippen LogP contribution in [-0.4, -0.2) is 54.3 Å². The minimum atomic E-state index is -0.844. The van der Waals surface area contributed by atoms with Crippen molar-refractivity contribution in [2.24, 2.45) is 5.92 Å². The van der Waals surface area contributed by atoms with E-state index in [4.69, 9.17) is 9.47 Å². The molecule has 0 bridgehead atoms. The third kappa shape index (κ3) is 6.03. The zero-order valence-corrected chi connectivity index (χ0v) is 20.8. The van der Waals surface area contributed by atoms with Gasteiger partial charge in [0.05, 0.1) is 0 Å². The van der Waals surface area contributed by atoms with Gasteiger partial charge in [0.1, 0.15) is 0 Å². The normalized spacial score (nSPS) is 24.4. The van der Waals surface area contributed by atoms with Gasteiger partial charge in [-0.25, -0.2) is 4.79 Å². The first kappa shape index (κ1) is 24.6. The van der Waals surface area contributed by atoms with E-state index in [2.05, 4.69) is 63.8 Å². The number of ether oxygens (including phenoxy) is 2. The highest BCUT2D eigenvalue weighted by Crippen LogP contribution is 2.29. The highest BCUT2D eigenvalue weighted by atomic mass is 16.8. The average molecular weight is 445 g/mol. The monoisotopic (exact) mass is 444 g/mol. The summed E-state index contributed by atoms with van der Waals surface area (Å²) in [7, 11) is 0. The molecule has 6 nitrogen and oxygen atoms in total. The molecule has 2 fully saturated rings. The van der Waals surface area contributed by atoms with Crippen LogP contribution in [0.1, 0.15) is 73.3 Å². The number of hydrogen-bond acceptors (Lipinski definition) is 5. The fraction of sp³-hybridized carbons (Fsp3) is 0.692. The molecule has 3 atom stereocenters. The fourth-order valence-corrected chi connectivity index (χ4v) is 4.59. The highest BCUT2D eigenvalue weighted by Gasteiger charge is 2.40. The molecule has 2 aliphatic heterocycles. The number of carbonyl (C=O) groups excluding carboxylic acids is 2. The van der Waals surface area contributed by atoms with Crippen LogP contribution in [0.15, 0.2) is 24.3 Å². The van der Waals surface area contributed by atoms with E-state index in [0.717, 1.165) is 26.1 Å². The van der Waals surface area contributed by atoms with E-state index >= 15 is 0 Å². The summed E-state index contributed by atoms with van der Waals surface area (Å²) < 4.78 is 10.9. The van der Waals surface area contributed by atoms with Gasteiger partial charge in [0, 0.05) is 51.6 Å². The van der Waals surface area contributed by atoms with E-state index in [1.54, 1.807) is 13.8 Å². The summed E-state index contributed by atoms with van der Waals surface area (Å²) >= 11 is 0. The molecule has 32 heavy (non-hydrogen) atoms. The van der Waals surface area contributed by atoms with E-state index in [1.807, 2.05) is 4.90 Å². The van der Waals surface area contributed by atoms with Crippen molar-refractivity contribution >= 4 is 17.6 Å². The van der Waals surface area contributed by atoms with Gasteiger partial charge in [0.2, 0.25) is 11.7 Å². The number of piperazine rings is 1. The number of carbonyl (C=O) groups is 2. The van der Waals surface area contributed by atoms with Crippen LogP contribution in [0.5, 0.6) is 0 Å². The third-order valence-electron chi connectivity index (χ3n) is 6.53. The minimum absolute atomic E-state index is 0.147. The lowest BCUT2D eigenvalue weighted by atomic mass is 9.87. The van der Waals surface area contributed by atoms with E-state index < -0.39 is 11.9 Å². The molecule has 0 N–H and O–H groups in total. The lowest BCUT2D eigenvalue weighted by Gasteiger charge is -2.41. The molecule has 178 valence electrons. The Kier molecular flexibility index (Phi) is 7.23. The Morgan fingerprint density at radius 2 is 1.84 bits per heavy atom. The molecular weight excluding hydrogens is 404 g/mol. The summed E-state index contributed by atoms with van der Waals surface area (Å²) in [6, 6.07) is 8.99. The molecular formula is C26H40N2O4. The molecule has 2 aliphatic rings. The smallest absolute Gasteiger partial charge is 0.337 e. The topological polar surface area (TPSA) is 59.1 Å². The van der Waals surface area contributed by atoms with Crippen LogP contribution in [-0.2, 0) is 24.5 Å². The minimum Gasteiger partial charge on any atom is -0.432 e. The number of amides is 1. The SMILES string of the molecule is CC(CC[C@@H]1OC(C)(C)OC1=O)CC(=O)N1CCN(c2ccc(C(C)(C)C)cc2)C[C@H]1C. The van der Waals surface area contributed by atoms with Crippen molar-refractivity contribution in [2.75, 3.05) is 24.5 Å². The van der Waals surface area contributed by atoms with Crippen LogP contribution < -0.4 is 4.90 Å². The van der Waals surface area contributed by atoms with Gasteiger partial charge in [-0.2, -0.15) is 0 Å². The van der Waals surface area contributed by atoms with E-state index in [-0.39, 0.29) is 29.3 Å². The summed E-state index contributed by atoms with van der Waals surface area (Å²) in [6.45, 7) is 16.8. The maximum absolute atomic E-state index is 13.0. The Balaban J connectivity index is 1.47. The van der Waals surface area contributed by atoms with Gasteiger partial charge in [0.25, 0.3) is 0 Å². The zero-order valence-electron chi connectivity index (χ0n) is 20.8. The summed E-state index contributed by atoms with van der Waals surface area (Å²) in [5.74, 6) is -0.752. The Labute approximate surface area is 193 Å². The molecule has 0 radical (unpaired) electrons. The standard InChI is InChI=1S/C26H40N2O4/c1-18(8-13-22-24(30)32-26(6,7)31-22)16-23(29)28-15-14-27(17-19(28)2)21-11-9-20(10-12-21)25(3,4)5/h9-12,18-19,22H,8,13-17H2,1-7H3/t18?,19-,22+/m1/s1. The number of hydrogen-bond donors (Lipinski definition) is 0. The van der Waals surface area contributed by atoms with Gasteiger partial charge in [-0.1, -0.05) is 39.8 Å². The van der Waals surface area contributed by atoms with E-state index in [9.17, 15) is 9.59 Å². The lowest BCUT2D eigenvalue weighted by Crippen LogP contribution is -2.54. The van der Waals surface area contributed by atoms with Crippen LogP contribution in [0.25, 0.3) is 0 Å². The van der Waals surface area contributed by atoms with Gasteiger partial charge < -0.3 is 19.3 Å². The molecule has 2 saturated heterocycles. The van der Waals surface area contributed by atoms with Gasteiger partial charge in [-0.05, 0) is 48.8 Å². The molecule has 0 aromatic heterocycles. The van der Waals surface area contributed by atoms with Crippen molar-refractivity contribution < 1.29 is 19.1 Å². The third-order valence-corrected chi connectivity index (χ3v) is 6.53. The van der Waals surface area contributed by atoms with Crippen LogP contribution in [0.3, 0.4) is 0 Å². The van der Waals surface area contributed by atoms with Crippen molar-refractivity contribution in [1.29, 1.82) is 0 Å². The van der Waals surface area contributed by atoms with Crippen molar-refractivity contribution in [3.05, 3.63) is 29.8 Å². The summed E-state index contributed by atoms with van der Waals surface area (Å²) in [4.78, 5) is 29.3. The largest absolute Gasteiger partial charge is 0.432 e. The second kappa shape index (κ2) is 9.42. The number of cyclic esters (lactones) is 1. The molecule has 1 unspecified atom stereocenters. The predicted octanol–water partition coefficient (Wildman–Crippen LogP) is 4.51. The zero-order chi connectivity index (χ0) is 23.7. The quantitative estimate of drug-likeness (QED) is 0.605. The van der Waals surface area contributed by atoms with Gasteiger partial charge >= 0.3 is 5.97 Å².